The number of nitrogens with zero attached hydrogens (tertiary/aromatic N) is 2. The Morgan fingerprint density at radius 2 is 2.17 bits per heavy atom. The van der Waals surface area contributed by atoms with Gasteiger partial charge in [0.2, 0.25) is 11.8 Å². The second-order valence-corrected chi connectivity index (χ2v) is 9.05. The SMILES string of the molecule is Cc1cc2c(nc1OCCN1CC(F)C1)OC1(CC1)CCS2(=O)=O. The zero-order valence-corrected chi connectivity index (χ0v) is 14.4. The van der Waals surface area contributed by atoms with E-state index in [1.807, 2.05) is 4.90 Å². The summed E-state index contributed by atoms with van der Waals surface area (Å²) in [7, 11) is -3.38. The number of pyridine rings is 1. The van der Waals surface area contributed by atoms with Gasteiger partial charge in [0.05, 0.1) is 5.75 Å². The van der Waals surface area contributed by atoms with E-state index in [1.54, 1.807) is 13.0 Å². The van der Waals surface area contributed by atoms with Gasteiger partial charge < -0.3 is 9.47 Å². The number of likely N-dealkylation sites (tertiary alicyclic amines) is 1. The van der Waals surface area contributed by atoms with Crippen LogP contribution in [-0.4, -0.2) is 62.1 Å². The van der Waals surface area contributed by atoms with E-state index >= 15 is 0 Å². The molecule has 2 fully saturated rings. The third-order valence-corrected chi connectivity index (χ3v) is 6.64. The molecule has 2 aliphatic heterocycles. The molecule has 0 N–H and O–H groups in total. The van der Waals surface area contributed by atoms with E-state index in [9.17, 15) is 12.8 Å². The van der Waals surface area contributed by atoms with Gasteiger partial charge in [-0.25, -0.2) is 12.8 Å². The summed E-state index contributed by atoms with van der Waals surface area (Å²) >= 11 is 0. The number of aromatic nitrogens is 1. The molecule has 0 aromatic carbocycles. The topological polar surface area (TPSA) is 68.7 Å². The maximum absolute atomic E-state index is 12.8. The van der Waals surface area contributed by atoms with Crippen LogP contribution in [0.5, 0.6) is 11.8 Å². The largest absolute Gasteiger partial charge is 0.476 e. The number of fused-ring (bicyclic) bond motifs is 1. The van der Waals surface area contributed by atoms with Crippen molar-refractivity contribution in [1.82, 2.24) is 9.88 Å². The van der Waals surface area contributed by atoms with Crippen LogP contribution in [0.3, 0.4) is 0 Å². The van der Waals surface area contributed by atoms with Crippen LogP contribution in [0.1, 0.15) is 24.8 Å². The van der Waals surface area contributed by atoms with E-state index in [4.69, 9.17) is 9.47 Å². The highest BCUT2D eigenvalue weighted by Gasteiger charge is 2.49. The Morgan fingerprint density at radius 1 is 1.42 bits per heavy atom. The third kappa shape index (κ3) is 2.97. The summed E-state index contributed by atoms with van der Waals surface area (Å²) in [6.45, 7) is 3.68. The summed E-state index contributed by atoms with van der Waals surface area (Å²) in [5.74, 6) is 0.651. The standard InChI is InChI=1S/C16H21FN2O4S/c1-11-8-13-15(23-16(2-3-16)4-7-24(13,20)21)18-14(11)22-6-5-19-9-12(17)10-19/h8,12H,2-7,9-10H2,1H3. The lowest BCUT2D eigenvalue weighted by atomic mass is 10.2. The second kappa shape index (κ2) is 5.56. The number of alkyl halides is 1. The first-order valence-electron chi connectivity index (χ1n) is 8.30. The Labute approximate surface area is 140 Å². The van der Waals surface area contributed by atoms with Gasteiger partial charge in [-0.05, 0) is 25.8 Å². The van der Waals surface area contributed by atoms with Crippen molar-refractivity contribution in [2.75, 3.05) is 32.0 Å². The quantitative estimate of drug-likeness (QED) is 0.815. The van der Waals surface area contributed by atoms with Crippen molar-refractivity contribution in [3.05, 3.63) is 11.6 Å². The van der Waals surface area contributed by atoms with Gasteiger partial charge in [0.25, 0.3) is 0 Å². The Balaban J connectivity index is 1.53. The summed E-state index contributed by atoms with van der Waals surface area (Å²) in [5, 5.41) is 0. The van der Waals surface area contributed by atoms with Crippen molar-refractivity contribution < 1.29 is 22.3 Å². The predicted molar refractivity (Wildman–Crippen MR) is 85.1 cm³/mol. The molecular weight excluding hydrogens is 335 g/mol. The van der Waals surface area contributed by atoms with Crippen molar-refractivity contribution in [3.8, 4) is 11.8 Å². The molecule has 1 aromatic heterocycles. The number of rotatable bonds is 4. The minimum absolute atomic E-state index is 0.0979. The van der Waals surface area contributed by atoms with Gasteiger partial charge in [-0.15, -0.1) is 0 Å². The molecule has 1 aliphatic carbocycles. The first-order valence-corrected chi connectivity index (χ1v) is 9.95. The minimum Gasteiger partial charge on any atom is -0.476 e. The molecule has 3 aliphatic rings. The Kier molecular flexibility index (Phi) is 3.72. The number of halogens is 1. The highest BCUT2D eigenvalue weighted by Crippen LogP contribution is 2.47. The monoisotopic (exact) mass is 356 g/mol. The van der Waals surface area contributed by atoms with Crippen LogP contribution in [-0.2, 0) is 9.84 Å². The van der Waals surface area contributed by atoms with Crippen LogP contribution >= 0.6 is 0 Å². The zero-order chi connectivity index (χ0) is 16.9. The Morgan fingerprint density at radius 3 is 2.83 bits per heavy atom. The Hall–Kier alpha value is -1.41. The molecule has 1 saturated carbocycles. The van der Waals surface area contributed by atoms with E-state index in [0.29, 0.717) is 44.1 Å². The average molecular weight is 356 g/mol. The maximum atomic E-state index is 12.8. The molecule has 3 heterocycles. The van der Waals surface area contributed by atoms with E-state index < -0.39 is 16.0 Å². The maximum Gasteiger partial charge on any atom is 0.236 e. The van der Waals surface area contributed by atoms with Gasteiger partial charge in [-0.3, -0.25) is 4.90 Å². The van der Waals surface area contributed by atoms with Crippen molar-refractivity contribution in [2.45, 2.75) is 42.9 Å². The van der Waals surface area contributed by atoms with Crippen LogP contribution in [0.4, 0.5) is 4.39 Å². The second-order valence-electron chi connectivity index (χ2n) is 6.97. The van der Waals surface area contributed by atoms with Gasteiger partial charge in [-0.2, -0.15) is 4.98 Å². The molecule has 24 heavy (non-hydrogen) atoms. The lowest BCUT2D eigenvalue weighted by Crippen LogP contribution is -2.49. The molecule has 0 radical (unpaired) electrons. The molecule has 132 valence electrons. The van der Waals surface area contributed by atoms with Crippen molar-refractivity contribution in [3.63, 3.8) is 0 Å². The zero-order valence-electron chi connectivity index (χ0n) is 13.6. The van der Waals surface area contributed by atoms with Crippen molar-refractivity contribution in [1.29, 1.82) is 0 Å². The third-order valence-electron chi connectivity index (χ3n) is 4.94. The first kappa shape index (κ1) is 16.1. The van der Waals surface area contributed by atoms with E-state index in [2.05, 4.69) is 4.98 Å². The fourth-order valence-corrected chi connectivity index (χ4v) is 4.71. The van der Waals surface area contributed by atoms with Gasteiger partial charge in [0.15, 0.2) is 9.84 Å². The molecule has 0 amide bonds. The van der Waals surface area contributed by atoms with Crippen LogP contribution in [0.15, 0.2) is 11.0 Å². The summed E-state index contributed by atoms with van der Waals surface area (Å²) in [6.07, 6.45) is 1.52. The lowest BCUT2D eigenvalue weighted by molar-refractivity contribution is 0.0530. The molecule has 4 rings (SSSR count). The fourth-order valence-electron chi connectivity index (χ4n) is 3.14. The molecule has 1 spiro atoms. The van der Waals surface area contributed by atoms with E-state index in [-0.39, 0.29) is 22.1 Å². The predicted octanol–water partition coefficient (Wildman–Crippen LogP) is 1.51. The number of hydrogen-bond acceptors (Lipinski definition) is 6. The van der Waals surface area contributed by atoms with E-state index in [1.165, 1.54) is 0 Å². The molecule has 1 saturated heterocycles. The van der Waals surface area contributed by atoms with Crippen LogP contribution in [0.2, 0.25) is 0 Å². The molecule has 8 heteroatoms. The smallest absolute Gasteiger partial charge is 0.236 e. The molecule has 1 aromatic rings. The summed E-state index contributed by atoms with van der Waals surface area (Å²) < 4.78 is 49.3. The number of ether oxygens (including phenoxy) is 2. The van der Waals surface area contributed by atoms with Crippen LogP contribution < -0.4 is 9.47 Å². The lowest BCUT2D eigenvalue weighted by Gasteiger charge is -2.33. The minimum atomic E-state index is -3.38. The molecule has 0 bridgehead atoms. The molecular formula is C16H21FN2O4S. The first-order chi connectivity index (χ1) is 11.4. The average Bonchev–Trinajstić information content (AvgIpc) is 3.27. The van der Waals surface area contributed by atoms with Crippen LogP contribution in [0, 0.1) is 6.92 Å². The number of sulfone groups is 1. The summed E-state index contributed by atoms with van der Waals surface area (Å²) in [6, 6.07) is 1.59. The summed E-state index contributed by atoms with van der Waals surface area (Å²) in [4.78, 5) is 6.47. The van der Waals surface area contributed by atoms with Crippen molar-refractivity contribution in [2.24, 2.45) is 0 Å². The highest BCUT2D eigenvalue weighted by atomic mass is 32.2. The summed E-state index contributed by atoms with van der Waals surface area (Å²) in [5.41, 5.74) is 0.311. The van der Waals surface area contributed by atoms with E-state index in [0.717, 1.165) is 12.8 Å². The number of aryl methyl sites for hydroxylation is 1. The van der Waals surface area contributed by atoms with Gasteiger partial charge >= 0.3 is 0 Å². The normalized spacial score (nSPS) is 24.6. The molecule has 0 atom stereocenters. The Bertz CT molecular complexity index is 758. The van der Waals surface area contributed by atoms with Crippen molar-refractivity contribution >= 4 is 9.84 Å². The van der Waals surface area contributed by atoms with Gasteiger partial charge in [-0.1, -0.05) is 0 Å². The van der Waals surface area contributed by atoms with Gasteiger partial charge in [0, 0.05) is 31.6 Å². The molecule has 0 unspecified atom stereocenters. The van der Waals surface area contributed by atoms with Gasteiger partial charge in [0.1, 0.15) is 23.3 Å². The number of hydrogen-bond donors (Lipinski definition) is 0. The van der Waals surface area contributed by atoms with Crippen LogP contribution in [0.25, 0.3) is 0 Å². The molecule has 6 nitrogen and oxygen atoms in total. The fraction of sp³-hybridized carbons (Fsp3) is 0.688. The highest BCUT2D eigenvalue weighted by molar-refractivity contribution is 7.91.